The van der Waals surface area contributed by atoms with Crippen molar-refractivity contribution >= 4 is 28.4 Å². The molecule has 0 aromatic carbocycles. The van der Waals surface area contributed by atoms with Crippen LogP contribution in [0.2, 0.25) is 0 Å². The summed E-state index contributed by atoms with van der Waals surface area (Å²) in [5.41, 5.74) is 0.533. The normalized spacial score (nSPS) is 23.0. The Morgan fingerprint density at radius 2 is 1.86 bits per heavy atom. The number of ether oxygens (including phenoxy) is 1. The van der Waals surface area contributed by atoms with Crippen molar-refractivity contribution in [3.05, 3.63) is 15.6 Å². The molecular weight excluding hydrogens is 394 g/mol. The molecule has 0 bridgehead atoms. The van der Waals surface area contributed by atoms with Gasteiger partial charge in [-0.3, -0.25) is 0 Å². The summed E-state index contributed by atoms with van der Waals surface area (Å²) < 4.78 is 21.5. The monoisotopic (exact) mass is 427 g/mol. The Bertz CT molecular complexity index is 769. The minimum Gasteiger partial charge on any atom is -0.444 e. The molecule has 1 saturated heterocycles. The van der Waals surface area contributed by atoms with Crippen molar-refractivity contribution in [3.63, 3.8) is 0 Å². The average molecular weight is 428 g/mol. The third kappa shape index (κ3) is 4.44. The van der Waals surface area contributed by atoms with Gasteiger partial charge in [0.2, 0.25) is 0 Å². The highest BCUT2D eigenvalue weighted by Crippen LogP contribution is 2.53. The van der Waals surface area contributed by atoms with Crippen molar-refractivity contribution < 1.29 is 13.7 Å². The van der Waals surface area contributed by atoms with Gasteiger partial charge in [-0.05, 0) is 67.7 Å². The maximum Gasteiger partial charge on any atom is 0.410 e. The molecule has 1 amide bonds. The van der Waals surface area contributed by atoms with E-state index in [9.17, 15) is 9.00 Å². The Morgan fingerprint density at radius 1 is 1.25 bits per heavy atom. The van der Waals surface area contributed by atoms with E-state index in [1.54, 1.807) is 16.2 Å². The largest absolute Gasteiger partial charge is 0.444 e. The van der Waals surface area contributed by atoms with Crippen LogP contribution in [0.3, 0.4) is 0 Å². The molecule has 8 heteroatoms. The van der Waals surface area contributed by atoms with E-state index in [-0.39, 0.29) is 22.3 Å². The van der Waals surface area contributed by atoms with Gasteiger partial charge in [-0.15, -0.1) is 11.3 Å². The van der Waals surface area contributed by atoms with Crippen molar-refractivity contribution in [3.8, 4) is 0 Å². The topological polar surface area (TPSA) is 71.5 Å². The van der Waals surface area contributed by atoms with E-state index in [1.165, 1.54) is 4.88 Å². The van der Waals surface area contributed by atoms with Crippen LogP contribution in [0.5, 0.6) is 0 Å². The molecule has 1 aliphatic carbocycles. The Morgan fingerprint density at radius 3 is 2.39 bits per heavy atom. The van der Waals surface area contributed by atoms with Crippen LogP contribution in [0, 0.1) is 12.3 Å². The fourth-order valence-electron chi connectivity index (χ4n) is 3.94. The van der Waals surface area contributed by atoms with E-state index in [2.05, 4.69) is 4.72 Å². The molecule has 2 atom stereocenters. The van der Waals surface area contributed by atoms with Crippen LogP contribution >= 0.6 is 11.3 Å². The van der Waals surface area contributed by atoms with Gasteiger partial charge in [0.05, 0.1) is 32.5 Å². The SMILES string of the molecule is Cc1nc2c(s1)CC1(CCN(C(=O)OC(C)(C)C)CC1)[C@@H]2NS(=O)C(C)(C)C. The van der Waals surface area contributed by atoms with Crippen LogP contribution in [0.15, 0.2) is 0 Å². The maximum absolute atomic E-state index is 12.9. The highest BCUT2D eigenvalue weighted by Gasteiger charge is 2.51. The molecule has 2 aliphatic rings. The lowest BCUT2D eigenvalue weighted by molar-refractivity contribution is 0.00715. The molecule has 1 fully saturated rings. The van der Waals surface area contributed by atoms with E-state index < -0.39 is 16.6 Å². The first kappa shape index (κ1) is 21.7. The van der Waals surface area contributed by atoms with Crippen LogP contribution in [0.4, 0.5) is 4.79 Å². The molecule has 158 valence electrons. The van der Waals surface area contributed by atoms with E-state index in [0.29, 0.717) is 13.1 Å². The number of thiazole rings is 1. The number of likely N-dealkylation sites (tertiary alicyclic amines) is 1. The van der Waals surface area contributed by atoms with Crippen molar-refractivity contribution in [1.29, 1.82) is 0 Å². The zero-order valence-electron chi connectivity index (χ0n) is 18.0. The van der Waals surface area contributed by atoms with Crippen LogP contribution < -0.4 is 4.72 Å². The number of hydrogen-bond acceptors (Lipinski definition) is 5. The van der Waals surface area contributed by atoms with Crippen LogP contribution in [-0.4, -0.2) is 43.6 Å². The number of aromatic nitrogens is 1. The molecule has 1 N–H and O–H groups in total. The summed E-state index contributed by atoms with van der Waals surface area (Å²) in [5.74, 6) is 0. The summed E-state index contributed by atoms with van der Waals surface area (Å²) >= 11 is 1.74. The van der Waals surface area contributed by atoms with Gasteiger partial charge in [0, 0.05) is 23.4 Å². The number of nitrogens with zero attached hydrogens (tertiary/aromatic N) is 2. The molecule has 1 aromatic rings. The lowest BCUT2D eigenvalue weighted by Crippen LogP contribution is -2.50. The second-order valence-corrected chi connectivity index (χ2v) is 13.3. The standard InChI is InChI=1S/C20H33N3O3S2/c1-13-21-15-14(27-13)12-20(16(15)22-28(25)19(5,6)7)8-10-23(11-9-20)17(24)26-18(2,3)4/h16,22H,8-12H2,1-7H3/t16-,28?/m1/s1. The van der Waals surface area contributed by atoms with Gasteiger partial charge in [0.15, 0.2) is 0 Å². The zero-order valence-corrected chi connectivity index (χ0v) is 19.7. The third-order valence-electron chi connectivity index (χ3n) is 5.42. The van der Waals surface area contributed by atoms with E-state index >= 15 is 0 Å². The van der Waals surface area contributed by atoms with Gasteiger partial charge in [-0.1, -0.05) is 0 Å². The second-order valence-electron chi connectivity index (χ2n) is 9.98. The van der Waals surface area contributed by atoms with E-state index in [0.717, 1.165) is 30.0 Å². The fraction of sp³-hybridized carbons (Fsp3) is 0.800. The van der Waals surface area contributed by atoms with Gasteiger partial charge in [0.25, 0.3) is 0 Å². The van der Waals surface area contributed by atoms with E-state index in [4.69, 9.17) is 9.72 Å². The first-order valence-electron chi connectivity index (χ1n) is 9.93. The number of amides is 1. The Balaban J connectivity index is 1.78. The summed E-state index contributed by atoms with van der Waals surface area (Å²) in [6.07, 6.45) is 2.40. The number of carbonyl (C=O) groups excluding carboxylic acids is 1. The number of hydrogen-bond donors (Lipinski definition) is 1. The highest BCUT2D eigenvalue weighted by atomic mass is 32.2. The second kappa shape index (κ2) is 7.36. The van der Waals surface area contributed by atoms with Crippen molar-refractivity contribution in [1.82, 2.24) is 14.6 Å². The molecule has 3 rings (SSSR count). The van der Waals surface area contributed by atoms with E-state index in [1.807, 2.05) is 48.5 Å². The Kier molecular flexibility index (Phi) is 5.71. The number of aryl methyl sites for hydroxylation is 1. The number of fused-ring (bicyclic) bond motifs is 1. The maximum atomic E-state index is 12.9. The molecule has 0 saturated carbocycles. The quantitative estimate of drug-likeness (QED) is 0.771. The van der Waals surface area contributed by atoms with Crippen molar-refractivity contribution in [2.45, 2.75) is 84.1 Å². The molecular formula is C20H33N3O3S2. The minimum absolute atomic E-state index is 0.0340. The lowest BCUT2D eigenvalue weighted by atomic mass is 9.74. The number of piperidine rings is 1. The van der Waals surface area contributed by atoms with Gasteiger partial charge in [0.1, 0.15) is 5.60 Å². The van der Waals surface area contributed by atoms with Gasteiger partial charge in [-0.2, -0.15) is 0 Å². The molecule has 1 spiro atoms. The Labute approximate surface area is 175 Å². The lowest BCUT2D eigenvalue weighted by Gasteiger charge is -2.43. The summed E-state index contributed by atoms with van der Waals surface area (Å²) in [6.45, 7) is 15.0. The predicted molar refractivity (Wildman–Crippen MR) is 114 cm³/mol. The minimum atomic E-state index is -1.17. The van der Waals surface area contributed by atoms with Crippen LogP contribution in [0.25, 0.3) is 0 Å². The molecule has 28 heavy (non-hydrogen) atoms. The fourth-order valence-corrected chi connectivity index (χ4v) is 6.00. The summed E-state index contributed by atoms with van der Waals surface area (Å²) in [4.78, 5) is 20.3. The summed E-state index contributed by atoms with van der Waals surface area (Å²) in [6, 6.07) is -0.0340. The zero-order chi connectivity index (χ0) is 20.9. The smallest absolute Gasteiger partial charge is 0.410 e. The molecule has 1 unspecified atom stereocenters. The average Bonchev–Trinajstić information content (AvgIpc) is 3.00. The number of nitrogens with one attached hydrogen (secondary N) is 1. The summed E-state index contributed by atoms with van der Waals surface area (Å²) in [7, 11) is -1.17. The molecule has 1 aliphatic heterocycles. The van der Waals surface area contributed by atoms with Crippen LogP contribution in [0.1, 0.15) is 76.0 Å². The predicted octanol–water partition coefficient (Wildman–Crippen LogP) is 4.12. The van der Waals surface area contributed by atoms with Crippen molar-refractivity contribution in [2.75, 3.05) is 13.1 Å². The Hall–Kier alpha value is -0.990. The van der Waals surface area contributed by atoms with Crippen LogP contribution in [-0.2, 0) is 22.1 Å². The van der Waals surface area contributed by atoms with Gasteiger partial charge < -0.3 is 9.64 Å². The molecule has 1 aromatic heterocycles. The summed E-state index contributed by atoms with van der Waals surface area (Å²) in [5, 5.41) is 1.05. The highest BCUT2D eigenvalue weighted by molar-refractivity contribution is 7.84. The first-order chi connectivity index (χ1) is 12.8. The molecule has 0 radical (unpaired) electrons. The third-order valence-corrected chi connectivity index (χ3v) is 7.97. The first-order valence-corrected chi connectivity index (χ1v) is 11.9. The molecule has 6 nitrogen and oxygen atoms in total. The van der Waals surface area contributed by atoms with Gasteiger partial charge >= 0.3 is 6.09 Å². The number of rotatable bonds is 2. The van der Waals surface area contributed by atoms with Crippen molar-refractivity contribution in [2.24, 2.45) is 5.41 Å². The number of carbonyl (C=O) groups is 1. The van der Waals surface area contributed by atoms with Gasteiger partial charge in [-0.25, -0.2) is 18.7 Å². The molecule has 2 heterocycles.